The number of nitrogens with two attached hydrogens (primary N) is 1. The molecule has 18 heavy (non-hydrogen) atoms. The number of benzene rings is 1. The zero-order chi connectivity index (χ0) is 13.3. The molecule has 0 radical (unpaired) electrons. The summed E-state index contributed by atoms with van der Waals surface area (Å²) in [6.07, 6.45) is -2.86. The number of ether oxygens (including phenoxy) is 1. The van der Waals surface area contributed by atoms with Crippen molar-refractivity contribution in [1.29, 1.82) is 0 Å². The zero-order valence-corrected chi connectivity index (χ0v) is 9.28. The van der Waals surface area contributed by atoms with E-state index >= 15 is 0 Å². The van der Waals surface area contributed by atoms with Crippen LogP contribution in [0.25, 0.3) is 11.3 Å². The molecule has 96 valence electrons. The summed E-state index contributed by atoms with van der Waals surface area (Å²) in [5, 5.41) is 3.54. The van der Waals surface area contributed by atoms with E-state index in [0.717, 1.165) is 12.1 Å². The predicted octanol–water partition coefficient (Wildman–Crippen LogP) is 3.01. The molecule has 0 unspecified atom stereocenters. The van der Waals surface area contributed by atoms with E-state index in [1.54, 1.807) is 0 Å². The fourth-order valence-corrected chi connectivity index (χ4v) is 1.61. The first-order valence-corrected chi connectivity index (χ1v) is 4.91. The maximum atomic E-state index is 13.3. The Morgan fingerprint density at radius 1 is 1.33 bits per heavy atom. The van der Waals surface area contributed by atoms with E-state index < -0.39 is 17.8 Å². The lowest BCUT2D eigenvalue weighted by Gasteiger charge is -2.11. The van der Waals surface area contributed by atoms with Crippen molar-refractivity contribution in [1.82, 2.24) is 5.16 Å². The minimum atomic E-state index is -2.86. The molecule has 0 bridgehead atoms. The molecular weight excluding hydrogens is 249 g/mol. The number of methoxy groups -OCH3 is 1. The van der Waals surface area contributed by atoms with Gasteiger partial charge in [0, 0.05) is 11.6 Å². The van der Waals surface area contributed by atoms with Crippen molar-refractivity contribution in [2.75, 3.05) is 12.8 Å². The maximum Gasteiger partial charge on any atom is 0.267 e. The Labute approximate surface area is 100 Å². The van der Waals surface area contributed by atoms with Gasteiger partial charge in [-0.2, -0.15) is 0 Å². The molecule has 1 aromatic heterocycles. The number of hydrogen-bond acceptors (Lipinski definition) is 4. The summed E-state index contributed by atoms with van der Waals surface area (Å²) in [5.41, 5.74) is 4.98. The lowest BCUT2D eigenvalue weighted by molar-refractivity contribution is 0.146. The van der Waals surface area contributed by atoms with Crippen LogP contribution in [0.4, 0.5) is 19.1 Å². The highest BCUT2D eigenvalue weighted by Crippen LogP contribution is 2.38. The fourth-order valence-electron chi connectivity index (χ4n) is 1.61. The van der Waals surface area contributed by atoms with Gasteiger partial charge in [-0.15, -0.1) is 0 Å². The first-order valence-electron chi connectivity index (χ1n) is 4.91. The first kappa shape index (κ1) is 12.3. The molecule has 0 saturated carbocycles. The third-order valence-corrected chi connectivity index (χ3v) is 2.33. The standard InChI is InChI=1S/C11H9F3N2O2/c1-17-10-6(8-4-9(15)18-16-8)2-5(12)3-7(10)11(13)14/h2-4,11H,15H2,1H3. The van der Waals surface area contributed by atoms with Gasteiger partial charge >= 0.3 is 0 Å². The third-order valence-electron chi connectivity index (χ3n) is 2.33. The topological polar surface area (TPSA) is 61.3 Å². The second-order valence-electron chi connectivity index (χ2n) is 3.49. The monoisotopic (exact) mass is 258 g/mol. The Morgan fingerprint density at radius 2 is 2.06 bits per heavy atom. The molecule has 0 aliphatic rings. The molecule has 0 atom stereocenters. The number of anilines is 1. The van der Waals surface area contributed by atoms with Crippen LogP contribution >= 0.6 is 0 Å². The minimum Gasteiger partial charge on any atom is -0.496 e. The van der Waals surface area contributed by atoms with Gasteiger partial charge in [-0.3, -0.25) is 0 Å². The third kappa shape index (κ3) is 2.11. The van der Waals surface area contributed by atoms with Crippen LogP contribution in [0.5, 0.6) is 5.75 Å². The molecule has 0 fully saturated rings. The average Bonchev–Trinajstić information content (AvgIpc) is 2.74. The van der Waals surface area contributed by atoms with Crippen molar-refractivity contribution in [2.45, 2.75) is 6.43 Å². The van der Waals surface area contributed by atoms with Crippen LogP contribution in [0.1, 0.15) is 12.0 Å². The molecule has 0 saturated heterocycles. The van der Waals surface area contributed by atoms with Crippen LogP contribution in [-0.2, 0) is 0 Å². The van der Waals surface area contributed by atoms with Crippen LogP contribution in [-0.4, -0.2) is 12.3 Å². The Kier molecular flexibility index (Phi) is 3.14. The van der Waals surface area contributed by atoms with Gasteiger partial charge in [0.1, 0.15) is 17.3 Å². The average molecular weight is 258 g/mol. The number of nitrogens with zero attached hydrogens (tertiary/aromatic N) is 1. The highest BCUT2D eigenvalue weighted by molar-refractivity contribution is 5.70. The minimum absolute atomic E-state index is 0.00471. The molecule has 1 aromatic carbocycles. The summed E-state index contributed by atoms with van der Waals surface area (Å²) in [7, 11) is 1.21. The SMILES string of the molecule is COc1c(-c2cc(N)on2)cc(F)cc1C(F)F. The van der Waals surface area contributed by atoms with Gasteiger partial charge in [-0.05, 0) is 12.1 Å². The molecule has 0 aliphatic carbocycles. The largest absolute Gasteiger partial charge is 0.496 e. The summed E-state index contributed by atoms with van der Waals surface area (Å²) in [4.78, 5) is 0. The predicted molar refractivity (Wildman–Crippen MR) is 57.8 cm³/mol. The van der Waals surface area contributed by atoms with Gasteiger partial charge in [0.25, 0.3) is 6.43 Å². The van der Waals surface area contributed by atoms with Crippen LogP contribution in [0, 0.1) is 5.82 Å². The van der Waals surface area contributed by atoms with Crippen molar-refractivity contribution in [3.63, 3.8) is 0 Å². The molecule has 7 heteroatoms. The maximum absolute atomic E-state index is 13.3. The van der Waals surface area contributed by atoms with Crippen molar-refractivity contribution in [3.8, 4) is 17.0 Å². The van der Waals surface area contributed by atoms with Gasteiger partial charge in [-0.1, -0.05) is 5.16 Å². The zero-order valence-electron chi connectivity index (χ0n) is 9.28. The van der Waals surface area contributed by atoms with E-state index in [2.05, 4.69) is 9.68 Å². The second kappa shape index (κ2) is 4.59. The number of halogens is 3. The van der Waals surface area contributed by atoms with E-state index in [4.69, 9.17) is 10.5 Å². The molecule has 0 amide bonds. The van der Waals surface area contributed by atoms with Crippen molar-refractivity contribution in [2.24, 2.45) is 0 Å². The highest BCUT2D eigenvalue weighted by Gasteiger charge is 2.21. The van der Waals surface area contributed by atoms with E-state index in [1.165, 1.54) is 13.2 Å². The Balaban J connectivity index is 2.65. The highest BCUT2D eigenvalue weighted by atomic mass is 19.3. The number of hydrogen-bond donors (Lipinski definition) is 1. The van der Waals surface area contributed by atoms with Crippen molar-refractivity contribution in [3.05, 3.63) is 29.6 Å². The number of aromatic nitrogens is 1. The van der Waals surface area contributed by atoms with E-state index in [0.29, 0.717) is 0 Å². The molecule has 0 aliphatic heterocycles. The molecular formula is C11H9F3N2O2. The molecule has 1 heterocycles. The number of alkyl halides is 2. The Bertz CT molecular complexity index is 569. The van der Waals surface area contributed by atoms with Gasteiger partial charge in [0.05, 0.1) is 12.7 Å². The summed E-state index contributed by atoms with van der Waals surface area (Å²) < 4.78 is 48.4. The van der Waals surface area contributed by atoms with Crippen molar-refractivity contribution >= 4 is 5.88 Å². The van der Waals surface area contributed by atoms with Crippen LogP contribution in [0.3, 0.4) is 0 Å². The first-order chi connectivity index (χ1) is 8.52. The Hall–Kier alpha value is -2.18. The fraction of sp³-hybridized carbons (Fsp3) is 0.182. The van der Waals surface area contributed by atoms with Crippen molar-refractivity contribution < 1.29 is 22.4 Å². The summed E-state index contributed by atoms with van der Waals surface area (Å²) in [5.74, 6) is -0.975. The smallest absolute Gasteiger partial charge is 0.267 e. The van der Waals surface area contributed by atoms with E-state index in [-0.39, 0.29) is 22.9 Å². The Morgan fingerprint density at radius 3 is 2.56 bits per heavy atom. The van der Waals surface area contributed by atoms with E-state index in [1.807, 2.05) is 0 Å². The van der Waals surface area contributed by atoms with Crippen LogP contribution in [0.15, 0.2) is 22.7 Å². The molecule has 2 rings (SSSR count). The van der Waals surface area contributed by atoms with Crippen LogP contribution < -0.4 is 10.5 Å². The molecule has 4 nitrogen and oxygen atoms in total. The van der Waals surface area contributed by atoms with Gasteiger partial charge in [0.2, 0.25) is 5.88 Å². The lowest BCUT2D eigenvalue weighted by atomic mass is 10.1. The quantitative estimate of drug-likeness (QED) is 0.919. The number of nitrogen functional groups attached to an aromatic ring is 1. The molecule has 2 aromatic rings. The van der Waals surface area contributed by atoms with Crippen LogP contribution in [0.2, 0.25) is 0 Å². The van der Waals surface area contributed by atoms with Gasteiger partial charge < -0.3 is 15.0 Å². The normalized spacial score (nSPS) is 10.9. The van der Waals surface area contributed by atoms with Gasteiger partial charge in [-0.25, -0.2) is 13.2 Å². The summed E-state index contributed by atoms with van der Waals surface area (Å²) in [6, 6.07) is 3.05. The summed E-state index contributed by atoms with van der Waals surface area (Å²) in [6.45, 7) is 0. The summed E-state index contributed by atoms with van der Waals surface area (Å²) >= 11 is 0. The lowest BCUT2D eigenvalue weighted by Crippen LogP contribution is -1.97. The van der Waals surface area contributed by atoms with Gasteiger partial charge in [0.15, 0.2) is 0 Å². The molecule has 0 spiro atoms. The molecule has 2 N–H and O–H groups in total. The second-order valence-corrected chi connectivity index (χ2v) is 3.49. The van der Waals surface area contributed by atoms with E-state index in [9.17, 15) is 13.2 Å². The number of rotatable bonds is 3.